The number of anilines is 1. The van der Waals surface area contributed by atoms with Crippen LogP contribution in [-0.2, 0) is 15.8 Å². The standard InChI is InChI=1S/C19H25F3N2O2/c1-3-16-6-4-5-12-24(16)18(26)11-13-23(14(2)25)17-9-7-15(8-10-17)19(20,21)22/h7-10,16H,3-6,11-13H2,1-2H3. The molecular formula is C19H25F3N2O2. The van der Waals surface area contributed by atoms with Crippen LogP contribution in [0.4, 0.5) is 18.9 Å². The number of piperidine rings is 1. The zero-order chi connectivity index (χ0) is 19.3. The minimum absolute atomic E-state index is 0.00490. The molecule has 1 atom stereocenters. The lowest BCUT2D eigenvalue weighted by molar-refractivity contribution is -0.137. The third-order valence-corrected chi connectivity index (χ3v) is 4.85. The summed E-state index contributed by atoms with van der Waals surface area (Å²) in [5.41, 5.74) is -0.399. The van der Waals surface area contributed by atoms with Crippen molar-refractivity contribution in [2.24, 2.45) is 0 Å². The molecule has 144 valence electrons. The van der Waals surface area contributed by atoms with Crippen LogP contribution in [0.2, 0.25) is 0 Å². The highest BCUT2D eigenvalue weighted by Crippen LogP contribution is 2.30. The number of carbonyl (C=O) groups excluding carboxylic acids is 2. The lowest BCUT2D eigenvalue weighted by atomic mass is 9.99. The monoisotopic (exact) mass is 370 g/mol. The van der Waals surface area contributed by atoms with Gasteiger partial charge in [0, 0.05) is 38.2 Å². The number of amides is 2. The molecule has 0 spiro atoms. The summed E-state index contributed by atoms with van der Waals surface area (Å²) in [6.45, 7) is 4.29. The van der Waals surface area contributed by atoms with Crippen LogP contribution in [0.1, 0.15) is 51.5 Å². The Labute approximate surface area is 152 Å². The van der Waals surface area contributed by atoms with Crippen LogP contribution in [0.25, 0.3) is 0 Å². The van der Waals surface area contributed by atoms with Crippen LogP contribution in [0.15, 0.2) is 24.3 Å². The molecule has 1 aromatic carbocycles. The predicted octanol–water partition coefficient (Wildman–Crippen LogP) is 4.24. The van der Waals surface area contributed by atoms with E-state index in [1.165, 1.54) is 24.0 Å². The van der Waals surface area contributed by atoms with E-state index in [1.54, 1.807) is 0 Å². The summed E-state index contributed by atoms with van der Waals surface area (Å²) in [5, 5.41) is 0. The van der Waals surface area contributed by atoms with Crippen molar-refractivity contribution in [2.75, 3.05) is 18.0 Å². The summed E-state index contributed by atoms with van der Waals surface area (Å²) >= 11 is 0. The molecule has 7 heteroatoms. The van der Waals surface area contributed by atoms with Gasteiger partial charge in [0.2, 0.25) is 11.8 Å². The third kappa shape index (κ3) is 4.99. The number of rotatable bonds is 5. The minimum Gasteiger partial charge on any atom is -0.340 e. The van der Waals surface area contributed by atoms with Gasteiger partial charge in [-0.25, -0.2) is 0 Å². The molecule has 1 aliphatic heterocycles. The van der Waals surface area contributed by atoms with Gasteiger partial charge in [-0.05, 0) is 49.9 Å². The molecule has 4 nitrogen and oxygen atoms in total. The number of hydrogen-bond acceptors (Lipinski definition) is 2. The Bertz CT molecular complexity index is 629. The van der Waals surface area contributed by atoms with E-state index in [9.17, 15) is 22.8 Å². The second-order valence-corrected chi connectivity index (χ2v) is 6.61. The molecule has 1 unspecified atom stereocenters. The number of alkyl halides is 3. The molecule has 2 amide bonds. The maximum absolute atomic E-state index is 12.7. The lowest BCUT2D eigenvalue weighted by Crippen LogP contribution is -2.44. The summed E-state index contributed by atoms with van der Waals surface area (Å²) in [4.78, 5) is 27.7. The molecule has 1 aromatic rings. The van der Waals surface area contributed by atoms with Gasteiger partial charge in [0.15, 0.2) is 0 Å². The van der Waals surface area contributed by atoms with Gasteiger partial charge in [0.25, 0.3) is 0 Å². The van der Waals surface area contributed by atoms with E-state index < -0.39 is 11.7 Å². The molecule has 0 N–H and O–H groups in total. The van der Waals surface area contributed by atoms with Crippen molar-refractivity contribution >= 4 is 17.5 Å². The second-order valence-electron chi connectivity index (χ2n) is 6.61. The van der Waals surface area contributed by atoms with Gasteiger partial charge < -0.3 is 9.80 Å². The largest absolute Gasteiger partial charge is 0.416 e. The maximum atomic E-state index is 12.7. The Kier molecular flexibility index (Phi) is 6.67. The molecule has 0 aliphatic carbocycles. The van der Waals surface area contributed by atoms with E-state index in [1.807, 2.05) is 4.90 Å². The van der Waals surface area contributed by atoms with Gasteiger partial charge in [0.1, 0.15) is 0 Å². The summed E-state index contributed by atoms with van der Waals surface area (Å²) in [6, 6.07) is 4.68. The van der Waals surface area contributed by atoms with Crippen LogP contribution in [0.5, 0.6) is 0 Å². The fraction of sp³-hybridized carbons (Fsp3) is 0.579. The lowest BCUT2D eigenvalue weighted by Gasteiger charge is -2.35. The molecule has 1 heterocycles. The van der Waals surface area contributed by atoms with Gasteiger partial charge in [-0.15, -0.1) is 0 Å². The molecule has 2 rings (SSSR count). The Morgan fingerprint density at radius 2 is 1.85 bits per heavy atom. The van der Waals surface area contributed by atoms with Crippen molar-refractivity contribution in [3.8, 4) is 0 Å². The average Bonchev–Trinajstić information content (AvgIpc) is 2.61. The van der Waals surface area contributed by atoms with Gasteiger partial charge in [0.05, 0.1) is 5.56 Å². The zero-order valence-corrected chi connectivity index (χ0v) is 15.2. The van der Waals surface area contributed by atoms with Gasteiger partial charge in [-0.1, -0.05) is 6.92 Å². The molecule has 0 aromatic heterocycles. The number of carbonyl (C=O) groups is 2. The number of benzene rings is 1. The summed E-state index contributed by atoms with van der Waals surface area (Å²) in [6.07, 6.45) is -0.250. The molecule has 0 saturated carbocycles. The van der Waals surface area contributed by atoms with Crippen LogP contribution in [0.3, 0.4) is 0 Å². The van der Waals surface area contributed by atoms with Crippen molar-refractivity contribution in [3.05, 3.63) is 29.8 Å². The Morgan fingerprint density at radius 3 is 2.38 bits per heavy atom. The van der Waals surface area contributed by atoms with E-state index >= 15 is 0 Å². The van der Waals surface area contributed by atoms with Gasteiger partial charge in [-0.3, -0.25) is 9.59 Å². The number of hydrogen-bond donors (Lipinski definition) is 0. The number of likely N-dealkylation sites (tertiary alicyclic amines) is 1. The first-order valence-corrected chi connectivity index (χ1v) is 8.99. The second kappa shape index (κ2) is 8.56. The van der Waals surface area contributed by atoms with Crippen molar-refractivity contribution in [1.82, 2.24) is 4.90 Å². The number of nitrogens with zero attached hydrogens (tertiary/aromatic N) is 2. The first-order valence-electron chi connectivity index (χ1n) is 8.99. The normalized spacial score (nSPS) is 17.9. The Hall–Kier alpha value is -2.05. The SMILES string of the molecule is CCC1CCCCN1C(=O)CCN(C(C)=O)c1ccc(C(F)(F)F)cc1. The fourth-order valence-electron chi connectivity index (χ4n) is 3.40. The quantitative estimate of drug-likeness (QED) is 0.778. The van der Waals surface area contributed by atoms with E-state index in [0.717, 1.165) is 44.4 Å². The average molecular weight is 370 g/mol. The molecule has 1 saturated heterocycles. The third-order valence-electron chi connectivity index (χ3n) is 4.85. The first-order chi connectivity index (χ1) is 12.2. The van der Waals surface area contributed by atoms with E-state index in [0.29, 0.717) is 5.69 Å². The van der Waals surface area contributed by atoms with Crippen LogP contribution >= 0.6 is 0 Å². The molecule has 0 radical (unpaired) electrons. The topological polar surface area (TPSA) is 40.6 Å². The highest BCUT2D eigenvalue weighted by molar-refractivity contribution is 5.92. The predicted molar refractivity (Wildman–Crippen MR) is 93.7 cm³/mol. The summed E-state index contributed by atoms with van der Waals surface area (Å²) < 4.78 is 38.0. The van der Waals surface area contributed by atoms with Crippen LogP contribution in [0, 0.1) is 0 Å². The van der Waals surface area contributed by atoms with E-state index in [4.69, 9.17) is 0 Å². The Balaban J connectivity index is 2.04. The van der Waals surface area contributed by atoms with Crippen molar-refractivity contribution in [2.45, 2.75) is 58.2 Å². The van der Waals surface area contributed by atoms with Crippen molar-refractivity contribution in [3.63, 3.8) is 0 Å². The molecule has 1 aliphatic rings. The number of halogens is 3. The van der Waals surface area contributed by atoms with Crippen LogP contribution in [-0.4, -0.2) is 35.8 Å². The highest BCUT2D eigenvalue weighted by Gasteiger charge is 2.30. The molecule has 1 fully saturated rings. The minimum atomic E-state index is -4.42. The smallest absolute Gasteiger partial charge is 0.340 e. The highest BCUT2D eigenvalue weighted by atomic mass is 19.4. The summed E-state index contributed by atoms with van der Waals surface area (Å²) in [5.74, 6) is -0.307. The van der Waals surface area contributed by atoms with Crippen molar-refractivity contribution in [1.29, 1.82) is 0 Å². The van der Waals surface area contributed by atoms with E-state index in [-0.39, 0.29) is 30.8 Å². The Morgan fingerprint density at radius 1 is 1.19 bits per heavy atom. The maximum Gasteiger partial charge on any atom is 0.416 e. The summed E-state index contributed by atoms with van der Waals surface area (Å²) in [7, 11) is 0. The van der Waals surface area contributed by atoms with E-state index in [2.05, 4.69) is 6.92 Å². The van der Waals surface area contributed by atoms with Crippen molar-refractivity contribution < 1.29 is 22.8 Å². The first kappa shape index (κ1) is 20.3. The van der Waals surface area contributed by atoms with Gasteiger partial charge in [-0.2, -0.15) is 13.2 Å². The molecular weight excluding hydrogens is 345 g/mol. The molecule has 26 heavy (non-hydrogen) atoms. The zero-order valence-electron chi connectivity index (χ0n) is 15.2. The van der Waals surface area contributed by atoms with Gasteiger partial charge >= 0.3 is 6.18 Å². The van der Waals surface area contributed by atoms with Crippen LogP contribution < -0.4 is 4.90 Å². The molecule has 0 bridgehead atoms. The fourth-order valence-corrected chi connectivity index (χ4v) is 3.40.